The average molecular weight is 352 g/mol. The van der Waals surface area contributed by atoms with E-state index in [9.17, 15) is 14.9 Å². The van der Waals surface area contributed by atoms with Crippen molar-refractivity contribution in [2.75, 3.05) is 20.3 Å². The van der Waals surface area contributed by atoms with Crippen LogP contribution in [0.25, 0.3) is 0 Å². The Morgan fingerprint density at radius 1 is 1.63 bits per heavy atom. The first-order valence-corrected chi connectivity index (χ1v) is 6.60. The summed E-state index contributed by atoms with van der Waals surface area (Å²) in [5.74, 6) is -0.547. The largest absolute Gasteiger partial charge is 0.383 e. The maximum absolute atomic E-state index is 11.9. The van der Waals surface area contributed by atoms with Gasteiger partial charge in [-0.15, -0.1) is 0 Å². The molecule has 0 spiro atoms. The van der Waals surface area contributed by atoms with Gasteiger partial charge in [0, 0.05) is 24.7 Å². The number of nitrogens with one attached hydrogen (secondary N) is 1. The normalized spacial score (nSPS) is 11.9. The molecule has 1 unspecified atom stereocenters. The third-order valence-electron chi connectivity index (χ3n) is 2.23. The molecule has 1 aromatic rings. The molecule has 8 heteroatoms. The number of methoxy groups -OCH3 is 1. The molecule has 0 radical (unpaired) electrons. The number of carbonyl (C=O) groups is 1. The highest BCUT2D eigenvalue weighted by atomic mass is 79.9. The summed E-state index contributed by atoms with van der Waals surface area (Å²) < 4.78 is 4.90. The molecule has 19 heavy (non-hydrogen) atoms. The van der Waals surface area contributed by atoms with Crippen LogP contribution in [0.4, 0.5) is 5.69 Å². The molecule has 0 aliphatic heterocycles. The van der Waals surface area contributed by atoms with E-state index >= 15 is 0 Å². The topological polar surface area (TPSA) is 81.5 Å². The molecule has 1 rings (SSSR count). The van der Waals surface area contributed by atoms with Crippen LogP contribution in [-0.2, 0) is 4.74 Å². The highest BCUT2D eigenvalue weighted by molar-refractivity contribution is 9.09. The number of nitro groups is 1. The van der Waals surface area contributed by atoms with E-state index in [1.165, 1.54) is 25.3 Å². The van der Waals surface area contributed by atoms with Crippen LogP contribution in [0, 0.1) is 10.1 Å². The van der Waals surface area contributed by atoms with Crippen LogP contribution in [0.15, 0.2) is 18.2 Å². The summed E-state index contributed by atoms with van der Waals surface area (Å²) in [5.41, 5.74) is -0.339. The molecule has 1 atom stereocenters. The van der Waals surface area contributed by atoms with Gasteiger partial charge >= 0.3 is 0 Å². The zero-order valence-corrected chi connectivity index (χ0v) is 12.4. The molecule has 1 N–H and O–H groups in total. The van der Waals surface area contributed by atoms with Crippen molar-refractivity contribution in [2.24, 2.45) is 0 Å². The smallest absolute Gasteiger partial charge is 0.282 e. The highest BCUT2D eigenvalue weighted by Gasteiger charge is 2.20. The maximum Gasteiger partial charge on any atom is 0.282 e. The van der Waals surface area contributed by atoms with Crippen molar-refractivity contribution in [3.63, 3.8) is 0 Å². The van der Waals surface area contributed by atoms with Crippen molar-refractivity contribution in [1.29, 1.82) is 0 Å². The minimum Gasteiger partial charge on any atom is -0.383 e. The van der Waals surface area contributed by atoms with E-state index in [2.05, 4.69) is 21.2 Å². The standard InChI is InChI=1S/C11H12BrClN2O4/c1-19-6-7(12)5-14-11(16)9-4-8(13)2-3-10(9)15(17)18/h2-4,7H,5-6H2,1H3,(H,14,16). The third-order valence-corrected chi connectivity index (χ3v) is 3.05. The number of amides is 1. The van der Waals surface area contributed by atoms with E-state index in [4.69, 9.17) is 16.3 Å². The first-order chi connectivity index (χ1) is 8.95. The van der Waals surface area contributed by atoms with Gasteiger partial charge in [0.1, 0.15) is 5.56 Å². The van der Waals surface area contributed by atoms with Crippen molar-refractivity contribution in [3.05, 3.63) is 38.9 Å². The van der Waals surface area contributed by atoms with Gasteiger partial charge in [-0.2, -0.15) is 0 Å². The van der Waals surface area contributed by atoms with E-state index in [0.717, 1.165) is 0 Å². The first kappa shape index (κ1) is 15.9. The number of rotatable bonds is 6. The van der Waals surface area contributed by atoms with E-state index in [1.807, 2.05) is 0 Å². The first-order valence-electron chi connectivity index (χ1n) is 5.31. The Labute approximate surface area is 123 Å². The van der Waals surface area contributed by atoms with Crippen LogP contribution in [0.2, 0.25) is 5.02 Å². The quantitative estimate of drug-likeness (QED) is 0.485. The summed E-state index contributed by atoms with van der Waals surface area (Å²) in [4.78, 5) is 22.0. The Morgan fingerprint density at radius 2 is 2.32 bits per heavy atom. The van der Waals surface area contributed by atoms with E-state index in [-0.39, 0.29) is 27.6 Å². The lowest BCUT2D eigenvalue weighted by Gasteiger charge is -2.10. The predicted octanol–water partition coefficient (Wildman–Crippen LogP) is 2.39. The number of alkyl halides is 1. The van der Waals surface area contributed by atoms with Gasteiger partial charge in [-0.25, -0.2) is 0 Å². The fourth-order valence-electron chi connectivity index (χ4n) is 1.39. The zero-order valence-electron chi connectivity index (χ0n) is 10.1. The molecule has 1 amide bonds. The van der Waals surface area contributed by atoms with Gasteiger partial charge in [-0.05, 0) is 12.1 Å². The minimum absolute atomic E-state index is 0.0605. The van der Waals surface area contributed by atoms with Crippen molar-refractivity contribution in [1.82, 2.24) is 5.32 Å². The number of hydrogen-bond acceptors (Lipinski definition) is 4. The van der Waals surface area contributed by atoms with Gasteiger partial charge in [-0.3, -0.25) is 14.9 Å². The molecule has 104 valence electrons. The van der Waals surface area contributed by atoms with Gasteiger partial charge in [0.05, 0.1) is 16.4 Å². The number of hydrogen-bond donors (Lipinski definition) is 1. The van der Waals surface area contributed by atoms with Crippen LogP contribution in [0.1, 0.15) is 10.4 Å². The van der Waals surface area contributed by atoms with Crippen LogP contribution >= 0.6 is 27.5 Å². The molecule has 0 fully saturated rings. The third kappa shape index (κ3) is 4.77. The van der Waals surface area contributed by atoms with Crippen LogP contribution in [0.3, 0.4) is 0 Å². The molecular weight excluding hydrogens is 339 g/mol. The van der Waals surface area contributed by atoms with Crippen molar-refractivity contribution >= 4 is 39.1 Å². The fraction of sp³-hybridized carbons (Fsp3) is 0.364. The Bertz CT molecular complexity index is 484. The molecular formula is C11H12BrClN2O4. The summed E-state index contributed by atoms with van der Waals surface area (Å²) in [6, 6.07) is 3.85. The zero-order chi connectivity index (χ0) is 14.4. The molecule has 0 aliphatic carbocycles. The molecule has 0 heterocycles. The SMILES string of the molecule is COCC(Br)CNC(=O)c1cc(Cl)ccc1[N+](=O)[O-]. The van der Waals surface area contributed by atoms with E-state index < -0.39 is 10.8 Å². The molecule has 1 aromatic carbocycles. The predicted molar refractivity (Wildman–Crippen MR) is 75.0 cm³/mol. The second-order valence-electron chi connectivity index (χ2n) is 3.68. The summed E-state index contributed by atoms with van der Waals surface area (Å²) in [5, 5.41) is 13.7. The van der Waals surface area contributed by atoms with Gasteiger partial charge in [-0.1, -0.05) is 27.5 Å². The van der Waals surface area contributed by atoms with Gasteiger partial charge < -0.3 is 10.1 Å². The van der Waals surface area contributed by atoms with Crippen molar-refractivity contribution in [2.45, 2.75) is 4.83 Å². The summed E-state index contributed by atoms with van der Waals surface area (Å²) >= 11 is 9.05. The maximum atomic E-state index is 11.9. The second kappa shape index (κ2) is 7.42. The number of ether oxygens (including phenoxy) is 1. The number of nitro benzene ring substituents is 1. The molecule has 0 aromatic heterocycles. The lowest BCUT2D eigenvalue weighted by molar-refractivity contribution is -0.385. The second-order valence-corrected chi connectivity index (χ2v) is 5.41. The molecule has 0 bridgehead atoms. The minimum atomic E-state index is -0.619. The Balaban J connectivity index is 2.81. The van der Waals surface area contributed by atoms with Crippen LogP contribution in [-0.4, -0.2) is 35.9 Å². The van der Waals surface area contributed by atoms with E-state index in [1.54, 1.807) is 0 Å². The molecule has 0 saturated carbocycles. The van der Waals surface area contributed by atoms with Gasteiger partial charge in [0.2, 0.25) is 0 Å². The summed E-state index contributed by atoms with van der Waals surface area (Å²) in [7, 11) is 1.54. The Kier molecular flexibility index (Phi) is 6.20. The van der Waals surface area contributed by atoms with Crippen molar-refractivity contribution in [3.8, 4) is 0 Å². The highest BCUT2D eigenvalue weighted by Crippen LogP contribution is 2.22. The average Bonchev–Trinajstić information content (AvgIpc) is 2.35. The lowest BCUT2D eigenvalue weighted by Crippen LogP contribution is -2.31. The van der Waals surface area contributed by atoms with E-state index in [0.29, 0.717) is 6.61 Å². The van der Waals surface area contributed by atoms with Crippen molar-refractivity contribution < 1.29 is 14.5 Å². The fourth-order valence-corrected chi connectivity index (χ4v) is 1.99. The van der Waals surface area contributed by atoms with Crippen LogP contribution in [0.5, 0.6) is 0 Å². The molecule has 6 nitrogen and oxygen atoms in total. The van der Waals surface area contributed by atoms with Crippen LogP contribution < -0.4 is 5.32 Å². The number of nitrogens with zero attached hydrogens (tertiary/aromatic N) is 1. The molecule has 0 saturated heterocycles. The molecule has 0 aliphatic rings. The van der Waals surface area contributed by atoms with Gasteiger partial charge in [0.25, 0.3) is 11.6 Å². The summed E-state index contributed by atoms with van der Waals surface area (Å²) in [6.07, 6.45) is 0. The lowest BCUT2D eigenvalue weighted by atomic mass is 10.1. The number of carbonyl (C=O) groups excluding carboxylic acids is 1. The monoisotopic (exact) mass is 350 g/mol. The summed E-state index contributed by atoms with van der Waals surface area (Å²) in [6.45, 7) is 0.703. The number of halogens is 2. The Morgan fingerprint density at radius 3 is 2.89 bits per heavy atom. The number of benzene rings is 1. The Hall–Kier alpha value is -1.18. The van der Waals surface area contributed by atoms with Gasteiger partial charge in [0.15, 0.2) is 0 Å².